The predicted molar refractivity (Wildman–Crippen MR) is 124 cm³/mol. The second-order valence-corrected chi connectivity index (χ2v) is 16.4. The fraction of sp³-hybridized carbons (Fsp3) is 0.478. The van der Waals surface area contributed by atoms with Crippen molar-refractivity contribution in [2.75, 3.05) is 11.1 Å². The van der Waals surface area contributed by atoms with Crippen LogP contribution in [0.4, 0.5) is 5.69 Å². The van der Waals surface area contributed by atoms with E-state index < -0.39 is 8.07 Å². The summed E-state index contributed by atoms with van der Waals surface area (Å²) < 4.78 is 0. The van der Waals surface area contributed by atoms with Crippen molar-refractivity contribution >= 4 is 30.7 Å². The van der Waals surface area contributed by atoms with Gasteiger partial charge in [-0.2, -0.15) is 0 Å². The van der Waals surface area contributed by atoms with Crippen LogP contribution in [0.1, 0.15) is 52.7 Å². The zero-order valence-electron chi connectivity index (χ0n) is 18.1. The highest BCUT2D eigenvalue weighted by molar-refractivity contribution is 8.01. The summed E-state index contributed by atoms with van der Waals surface area (Å²) in [6.07, 6.45) is 0. The molecule has 148 valence electrons. The highest BCUT2D eigenvalue weighted by Gasteiger charge is 2.28. The van der Waals surface area contributed by atoms with E-state index in [2.05, 4.69) is 78.9 Å². The number of nitrogen functional groups attached to an aromatic ring is 1. The molecule has 0 aromatic heterocycles. The first-order chi connectivity index (χ1) is 12.2. The van der Waals surface area contributed by atoms with Gasteiger partial charge in [-0.15, -0.1) is 11.8 Å². The van der Waals surface area contributed by atoms with Crippen LogP contribution in [-0.2, 0) is 10.8 Å². The fourth-order valence-electron chi connectivity index (χ4n) is 3.12. The second-order valence-electron chi connectivity index (χ2n) is 10.2. The zero-order valence-corrected chi connectivity index (χ0v) is 19.9. The normalized spacial score (nSPS) is 13.0. The molecule has 0 aliphatic rings. The molecule has 0 bridgehead atoms. The van der Waals surface area contributed by atoms with E-state index in [1.54, 1.807) is 0 Å². The zero-order chi connectivity index (χ0) is 20.6. The van der Waals surface area contributed by atoms with Crippen molar-refractivity contribution in [3.05, 3.63) is 47.5 Å². The average molecular weight is 402 g/mol. The van der Waals surface area contributed by atoms with Crippen molar-refractivity contribution in [1.82, 2.24) is 0 Å². The molecule has 27 heavy (non-hydrogen) atoms. The van der Waals surface area contributed by atoms with Crippen LogP contribution in [0.3, 0.4) is 0 Å². The van der Waals surface area contributed by atoms with Crippen LogP contribution in [0, 0.1) is 0 Å². The lowest BCUT2D eigenvalue weighted by Gasteiger charge is -2.29. The molecule has 0 heterocycles. The lowest BCUT2D eigenvalue weighted by atomic mass is 9.79. The van der Waals surface area contributed by atoms with Crippen LogP contribution in [0.25, 0.3) is 0 Å². The number of anilines is 1. The molecule has 2 nitrogen and oxygen atoms in total. The van der Waals surface area contributed by atoms with Gasteiger partial charge in [-0.3, -0.25) is 0 Å². The summed E-state index contributed by atoms with van der Waals surface area (Å²) in [7, 11) is -1.58. The van der Waals surface area contributed by atoms with Crippen LogP contribution in [0.5, 0.6) is 5.75 Å². The van der Waals surface area contributed by atoms with E-state index in [0.29, 0.717) is 5.75 Å². The second kappa shape index (κ2) is 7.55. The van der Waals surface area contributed by atoms with Gasteiger partial charge in [0.05, 0.1) is 8.07 Å². The third-order valence-electron chi connectivity index (χ3n) is 4.99. The lowest BCUT2D eigenvalue weighted by molar-refractivity contribution is 0.422. The van der Waals surface area contributed by atoms with E-state index >= 15 is 0 Å². The number of aromatic hydroxyl groups is 1. The van der Waals surface area contributed by atoms with Gasteiger partial charge >= 0.3 is 0 Å². The van der Waals surface area contributed by atoms with Gasteiger partial charge in [0.15, 0.2) is 0 Å². The minimum absolute atomic E-state index is 0.0927. The minimum atomic E-state index is -1.58. The number of nitrogens with two attached hydrogens (primary N) is 1. The van der Waals surface area contributed by atoms with Gasteiger partial charge in [0, 0.05) is 21.7 Å². The molecule has 4 heteroatoms. The maximum Gasteiger partial charge on any atom is 0.123 e. The Morgan fingerprint density at radius 2 is 1.33 bits per heavy atom. The highest BCUT2D eigenvalue weighted by Crippen LogP contribution is 2.42. The van der Waals surface area contributed by atoms with E-state index in [4.69, 9.17) is 5.73 Å². The Balaban J connectivity index is 2.37. The first-order valence-corrected chi connectivity index (χ1v) is 13.8. The molecule has 0 saturated carbocycles. The monoisotopic (exact) mass is 401 g/mol. The van der Waals surface area contributed by atoms with Crippen molar-refractivity contribution < 1.29 is 5.11 Å². The van der Waals surface area contributed by atoms with Crippen LogP contribution < -0.4 is 10.9 Å². The van der Waals surface area contributed by atoms with E-state index in [9.17, 15) is 5.11 Å². The molecular weight excluding hydrogens is 366 g/mol. The van der Waals surface area contributed by atoms with Crippen molar-refractivity contribution in [3.8, 4) is 5.75 Å². The van der Waals surface area contributed by atoms with Gasteiger partial charge in [0.25, 0.3) is 0 Å². The summed E-state index contributed by atoms with van der Waals surface area (Å²) >= 11 is 1.92. The topological polar surface area (TPSA) is 46.2 Å². The van der Waals surface area contributed by atoms with Crippen molar-refractivity contribution in [2.24, 2.45) is 0 Å². The first-order valence-electron chi connectivity index (χ1n) is 9.58. The largest absolute Gasteiger partial charge is 0.507 e. The van der Waals surface area contributed by atoms with Crippen LogP contribution in [0.15, 0.2) is 41.3 Å². The van der Waals surface area contributed by atoms with Crippen molar-refractivity contribution in [1.29, 1.82) is 0 Å². The van der Waals surface area contributed by atoms with Gasteiger partial charge in [0.1, 0.15) is 5.75 Å². The Hall–Kier alpha value is -1.39. The molecule has 2 aromatic rings. The Bertz CT molecular complexity index is 764. The van der Waals surface area contributed by atoms with Crippen LogP contribution in [0.2, 0.25) is 13.1 Å². The van der Waals surface area contributed by atoms with Crippen molar-refractivity contribution in [2.45, 2.75) is 70.4 Å². The molecular formula is C23H35NOSSi. The molecule has 2 aromatic carbocycles. The first kappa shape index (κ1) is 21.9. The van der Waals surface area contributed by atoms with Gasteiger partial charge in [-0.05, 0) is 40.5 Å². The number of benzene rings is 2. The van der Waals surface area contributed by atoms with E-state index in [0.717, 1.165) is 22.2 Å². The van der Waals surface area contributed by atoms with Gasteiger partial charge in [0.2, 0.25) is 0 Å². The van der Waals surface area contributed by atoms with E-state index in [1.807, 2.05) is 23.9 Å². The number of hydrogen-bond acceptors (Lipinski definition) is 3. The molecule has 0 unspecified atom stereocenters. The third-order valence-corrected chi connectivity index (χ3v) is 10.9. The van der Waals surface area contributed by atoms with Gasteiger partial charge < -0.3 is 10.8 Å². The predicted octanol–water partition coefficient (Wildman–Crippen LogP) is 5.82. The molecule has 0 aliphatic heterocycles. The molecule has 0 atom stereocenters. The molecule has 2 rings (SSSR count). The third kappa shape index (κ3) is 5.32. The number of phenolic OH excluding ortho intramolecular Hbond substituents is 1. The van der Waals surface area contributed by atoms with E-state index in [-0.39, 0.29) is 10.8 Å². The summed E-state index contributed by atoms with van der Waals surface area (Å²) in [4.78, 5) is 1.25. The lowest BCUT2D eigenvalue weighted by Crippen LogP contribution is -2.44. The Kier molecular flexibility index (Phi) is 6.13. The number of hydrogen-bond donors (Lipinski definition) is 2. The molecule has 0 spiro atoms. The Morgan fingerprint density at radius 1 is 0.889 bits per heavy atom. The molecule has 0 radical (unpaired) electrons. The average Bonchev–Trinajstić information content (AvgIpc) is 2.52. The van der Waals surface area contributed by atoms with Crippen LogP contribution >= 0.6 is 11.8 Å². The molecule has 3 N–H and O–H groups in total. The highest BCUT2D eigenvalue weighted by atomic mass is 32.2. The summed E-state index contributed by atoms with van der Waals surface area (Å²) in [5, 5.41) is 13.4. The maximum absolute atomic E-state index is 10.9. The van der Waals surface area contributed by atoms with E-state index in [1.165, 1.54) is 10.1 Å². The smallest absolute Gasteiger partial charge is 0.123 e. The summed E-state index contributed by atoms with van der Waals surface area (Å²) in [5.74, 6) is 0.453. The Morgan fingerprint density at radius 3 is 1.74 bits per heavy atom. The van der Waals surface area contributed by atoms with Crippen molar-refractivity contribution in [3.63, 3.8) is 0 Å². The number of phenols is 1. The van der Waals surface area contributed by atoms with Gasteiger partial charge in [-0.1, -0.05) is 72.0 Å². The standard InChI is InChI=1S/C23H35NOSSi/c1-22(2,3)19-13-17(14-20(21(19)25)23(4,5)6)26-15-27(7,8)18-11-9-16(24)10-12-18/h9-14,25H,15,24H2,1-8H3. The number of thioether (sulfide) groups is 1. The Labute approximate surface area is 170 Å². The SMILES string of the molecule is CC(C)(C)c1cc(SC[Si](C)(C)c2ccc(N)cc2)cc(C(C)(C)C)c1O. The van der Waals surface area contributed by atoms with Gasteiger partial charge in [-0.25, -0.2) is 0 Å². The molecule has 0 fully saturated rings. The molecule has 0 amide bonds. The number of rotatable bonds is 4. The fourth-order valence-corrected chi connectivity index (χ4v) is 7.36. The molecule has 0 saturated heterocycles. The summed E-state index contributed by atoms with van der Waals surface area (Å²) in [5.41, 5.74) is 8.55. The van der Waals surface area contributed by atoms with Crippen LogP contribution in [-0.4, -0.2) is 18.6 Å². The summed E-state index contributed by atoms with van der Waals surface area (Å²) in [6.45, 7) is 17.8. The molecule has 0 aliphatic carbocycles. The summed E-state index contributed by atoms with van der Waals surface area (Å²) in [6, 6.07) is 12.7. The minimum Gasteiger partial charge on any atom is -0.507 e. The quantitative estimate of drug-likeness (QED) is 0.386. The maximum atomic E-state index is 10.9.